The highest BCUT2D eigenvalue weighted by Crippen LogP contribution is 2.32. The van der Waals surface area contributed by atoms with Gasteiger partial charge in [-0.15, -0.1) is 0 Å². The third kappa shape index (κ3) is 5.02. The Balaban J connectivity index is 1.88. The number of nitrogens with one attached hydrogen (secondary N) is 2. The third-order valence-electron chi connectivity index (χ3n) is 4.32. The highest BCUT2D eigenvalue weighted by atomic mass is 32.2. The van der Waals surface area contributed by atoms with Crippen molar-refractivity contribution < 1.29 is 14.3 Å². The van der Waals surface area contributed by atoms with Gasteiger partial charge in [0.2, 0.25) is 5.91 Å². The van der Waals surface area contributed by atoms with Crippen LogP contribution in [0.25, 0.3) is 0 Å². The SMILES string of the molecule is COc1ccc(NC(=O)C2CCC(CNSN)CC2)cc1OC. The van der Waals surface area contributed by atoms with E-state index in [1.165, 1.54) is 0 Å². The molecule has 6 nitrogen and oxygen atoms in total. The normalized spacial score (nSPS) is 20.8. The average molecular weight is 339 g/mol. The molecule has 0 aromatic heterocycles. The fraction of sp³-hybridized carbons (Fsp3) is 0.562. The van der Waals surface area contributed by atoms with Gasteiger partial charge < -0.3 is 14.8 Å². The summed E-state index contributed by atoms with van der Waals surface area (Å²) in [7, 11) is 3.17. The number of carbonyl (C=O) groups is 1. The smallest absolute Gasteiger partial charge is 0.227 e. The molecule has 1 aliphatic rings. The number of carbonyl (C=O) groups excluding carboxylic acids is 1. The van der Waals surface area contributed by atoms with E-state index in [2.05, 4.69) is 10.0 Å². The molecule has 7 heteroatoms. The lowest BCUT2D eigenvalue weighted by atomic mass is 9.81. The van der Waals surface area contributed by atoms with Crippen LogP contribution in [-0.4, -0.2) is 26.7 Å². The van der Waals surface area contributed by atoms with Gasteiger partial charge >= 0.3 is 0 Å². The molecule has 0 radical (unpaired) electrons. The summed E-state index contributed by atoms with van der Waals surface area (Å²) in [6.45, 7) is 0.908. The molecule has 2 rings (SSSR count). The fourth-order valence-corrected chi connectivity index (χ4v) is 3.28. The van der Waals surface area contributed by atoms with Gasteiger partial charge in [0, 0.05) is 36.4 Å². The van der Waals surface area contributed by atoms with Crippen molar-refractivity contribution in [2.24, 2.45) is 17.0 Å². The molecular formula is C16H25N3O3S. The molecule has 0 bridgehead atoms. The molecule has 4 N–H and O–H groups in total. The van der Waals surface area contributed by atoms with Crippen LogP contribution in [0.15, 0.2) is 18.2 Å². The number of hydrogen-bond donors (Lipinski definition) is 3. The van der Waals surface area contributed by atoms with Crippen LogP contribution in [0.1, 0.15) is 25.7 Å². The van der Waals surface area contributed by atoms with Gasteiger partial charge in [-0.05, 0) is 43.7 Å². The maximum atomic E-state index is 12.4. The van der Waals surface area contributed by atoms with E-state index in [4.69, 9.17) is 14.6 Å². The first kappa shape index (κ1) is 17.9. The zero-order chi connectivity index (χ0) is 16.7. The second kappa shape index (κ2) is 9.00. The summed E-state index contributed by atoms with van der Waals surface area (Å²) in [6.07, 6.45) is 3.94. The van der Waals surface area contributed by atoms with Crippen LogP contribution in [-0.2, 0) is 4.79 Å². The first-order chi connectivity index (χ1) is 11.2. The topological polar surface area (TPSA) is 85.6 Å². The zero-order valence-corrected chi connectivity index (χ0v) is 14.4. The van der Waals surface area contributed by atoms with Crippen molar-refractivity contribution in [2.75, 3.05) is 26.1 Å². The van der Waals surface area contributed by atoms with Crippen LogP contribution >= 0.6 is 12.1 Å². The van der Waals surface area contributed by atoms with E-state index < -0.39 is 0 Å². The van der Waals surface area contributed by atoms with Gasteiger partial charge in [-0.25, -0.2) is 0 Å². The number of nitrogens with two attached hydrogens (primary N) is 1. The standard InChI is InChI=1S/C16H25N3O3S/c1-21-14-8-7-13(9-15(14)22-2)19-16(20)12-5-3-11(4-6-12)10-18-23-17/h7-9,11-12,18H,3-6,10,17H2,1-2H3,(H,19,20). The Kier molecular flexibility index (Phi) is 7.01. The Morgan fingerprint density at radius 1 is 1.22 bits per heavy atom. The van der Waals surface area contributed by atoms with Gasteiger partial charge in [-0.2, -0.15) is 0 Å². The summed E-state index contributed by atoms with van der Waals surface area (Å²) in [5.41, 5.74) is 0.732. The summed E-state index contributed by atoms with van der Waals surface area (Å²) >= 11 is 1.16. The predicted molar refractivity (Wildman–Crippen MR) is 93.4 cm³/mol. The van der Waals surface area contributed by atoms with E-state index in [9.17, 15) is 4.79 Å². The van der Waals surface area contributed by atoms with Crippen molar-refractivity contribution in [3.8, 4) is 11.5 Å². The molecule has 0 unspecified atom stereocenters. The minimum absolute atomic E-state index is 0.0740. The molecule has 23 heavy (non-hydrogen) atoms. The van der Waals surface area contributed by atoms with Crippen LogP contribution in [0.2, 0.25) is 0 Å². The van der Waals surface area contributed by atoms with Crippen LogP contribution in [0.5, 0.6) is 11.5 Å². The van der Waals surface area contributed by atoms with E-state index in [1.807, 2.05) is 6.07 Å². The number of rotatable bonds is 7. The van der Waals surface area contributed by atoms with Crippen LogP contribution in [0.4, 0.5) is 5.69 Å². The summed E-state index contributed by atoms with van der Waals surface area (Å²) in [5, 5.41) is 8.36. The van der Waals surface area contributed by atoms with Crippen molar-refractivity contribution in [3.05, 3.63) is 18.2 Å². The second-order valence-corrected chi connectivity index (χ2v) is 6.27. The highest BCUT2D eigenvalue weighted by Gasteiger charge is 2.26. The molecule has 1 fully saturated rings. The fourth-order valence-electron chi connectivity index (χ4n) is 2.95. The van der Waals surface area contributed by atoms with E-state index in [0.29, 0.717) is 17.4 Å². The molecule has 1 aromatic rings. The molecule has 128 valence electrons. The molecule has 0 atom stereocenters. The van der Waals surface area contributed by atoms with Gasteiger partial charge in [-0.3, -0.25) is 14.7 Å². The molecule has 0 heterocycles. The first-order valence-corrected chi connectivity index (χ1v) is 8.67. The Morgan fingerprint density at radius 2 is 1.91 bits per heavy atom. The molecule has 1 aromatic carbocycles. The molecule has 0 aliphatic heterocycles. The van der Waals surface area contributed by atoms with E-state index >= 15 is 0 Å². The molecule has 1 amide bonds. The monoisotopic (exact) mass is 339 g/mol. The summed E-state index contributed by atoms with van der Waals surface area (Å²) in [6, 6.07) is 5.40. The van der Waals surface area contributed by atoms with Crippen molar-refractivity contribution in [3.63, 3.8) is 0 Å². The van der Waals surface area contributed by atoms with Gasteiger partial charge in [0.25, 0.3) is 0 Å². The highest BCUT2D eigenvalue weighted by molar-refractivity contribution is 7.95. The predicted octanol–water partition coefficient (Wildman–Crippen LogP) is 2.56. The quantitative estimate of drug-likeness (QED) is 0.662. The molecular weight excluding hydrogens is 314 g/mol. The van der Waals surface area contributed by atoms with Crippen molar-refractivity contribution in [1.29, 1.82) is 0 Å². The van der Waals surface area contributed by atoms with E-state index in [-0.39, 0.29) is 11.8 Å². The lowest BCUT2D eigenvalue weighted by molar-refractivity contribution is -0.121. The third-order valence-corrected chi connectivity index (χ3v) is 4.66. The Labute approximate surface area is 141 Å². The number of methoxy groups -OCH3 is 2. The molecule has 1 saturated carbocycles. The van der Waals surface area contributed by atoms with Crippen molar-refractivity contribution >= 4 is 23.7 Å². The molecule has 1 aliphatic carbocycles. The number of anilines is 1. The number of hydrogen-bond acceptors (Lipinski definition) is 6. The van der Waals surface area contributed by atoms with Gasteiger partial charge in [0.05, 0.1) is 14.2 Å². The van der Waals surface area contributed by atoms with E-state index in [0.717, 1.165) is 50.0 Å². The maximum Gasteiger partial charge on any atom is 0.227 e. The number of amides is 1. The zero-order valence-electron chi connectivity index (χ0n) is 13.6. The van der Waals surface area contributed by atoms with Crippen LogP contribution in [0.3, 0.4) is 0 Å². The lowest BCUT2D eigenvalue weighted by Crippen LogP contribution is -2.30. The van der Waals surface area contributed by atoms with Crippen LogP contribution < -0.4 is 24.7 Å². The van der Waals surface area contributed by atoms with Gasteiger partial charge in [-0.1, -0.05) is 0 Å². The second-order valence-electron chi connectivity index (χ2n) is 5.74. The number of ether oxygens (including phenoxy) is 2. The largest absolute Gasteiger partial charge is 0.493 e. The van der Waals surface area contributed by atoms with Crippen molar-refractivity contribution in [2.45, 2.75) is 25.7 Å². The maximum absolute atomic E-state index is 12.4. The van der Waals surface area contributed by atoms with Gasteiger partial charge in [0.1, 0.15) is 0 Å². The van der Waals surface area contributed by atoms with E-state index in [1.54, 1.807) is 26.4 Å². The Hall–Kier alpha value is -1.44. The summed E-state index contributed by atoms with van der Waals surface area (Å²) in [5.74, 6) is 2.02. The van der Waals surface area contributed by atoms with Crippen molar-refractivity contribution in [1.82, 2.24) is 4.72 Å². The number of benzene rings is 1. The first-order valence-electron chi connectivity index (χ1n) is 7.79. The summed E-state index contributed by atoms with van der Waals surface area (Å²) in [4.78, 5) is 12.4. The Bertz CT molecular complexity index is 519. The molecule has 0 spiro atoms. The summed E-state index contributed by atoms with van der Waals surface area (Å²) < 4.78 is 13.6. The molecule has 0 saturated heterocycles. The minimum Gasteiger partial charge on any atom is -0.493 e. The lowest BCUT2D eigenvalue weighted by Gasteiger charge is -2.27. The average Bonchev–Trinajstić information content (AvgIpc) is 2.60. The Morgan fingerprint density at radius 3 is 2.52 bits per heavy atom. The van der Waals surface area contributed by atoms with Crippen LogP contribution in [0, 0.1) is 11.8 Å². The van der Waals surface area contributed by atoms with Gasteiger partial charge in [0.15, 0.2) is 11.5 Å². The minimum atomic E-state index is 0.0740.